The second-order valence-electron chi connectivity index (χ2n) is 7.23. The van der Waals surface area contributed by atoms with Gasteiger partial charge in [0.1, 0.15) is 18.0 Å². The Morgan fingerprint density at radius 2 is 2.03 bits per heavy atom. The maximum Gasteiger partial charge on any atom is 0.272 e. The second kappa shape index (κ2) is 7.43. The van der Waals surface area contributed by atoms with E-state index < -0.39 is 5.92 Å². The quantitative estimate of drug-likeness (QED) is 0.475. The highest BCUT2D eigenvalue weighted by Gasteiger charge is 2.36. The van der Waals surface area contributed by atoms with Gasteiger partial charge < -0.3 is 10.4 Å². The number of hydrogen-bond donors (Lipinski definition) is 3. The van der Waals surface area contributed by atoms with Gasteiger partial charge in [0.2, 0.25) is 0 Å². The van der Waals surface area contributed by atoms with Crippen molar-refractivity contribution in [3.05, 3.63) is 87.6 Å². The number of aliphatic hydroxyl groups excluding tert-OH is 1. The second-order valence-corrected chi connectivity index (χ2v) is 7.23. The maximum atomic E-state index is 13.6. The first-order valence-electron chi connectivity index (χ1n) is 9.65. The van der Waals surface area contributed by atoms with Crippen LogP contribution in [0.25, 0.3) is 10.8 Å². The Kier molecular flexibility index (Phi) is 4.61. The Labute approximate surface area is 170 Å². The van der Waals surface area contributed by atoms with E-state index in [1.165, 1.54) is 18.5 Å². The van der Waals surface area contributed by atoms with E-state index >= 15 is 0 Å². The topological polar surface area (TPSA) is 109 Å². The monoisotopic (exact) mass is 406 g/mol. The average molecular weight is 406 g/mol. The van der Waals surface area contributed by atoms with E-state index in [9.17, 15) is 14.3 Å². The number of H-pyrrole nitrogens is 1. The zero-order chi connectivity index (χ0) is 20.7. The summed E-state index contributed by atoms with van der Waals surface area (Å²) in [5, 5.41) is 25.6. The first-order chi connectivity index (χ1) is 14.7. The summed E-state index contributed by atoms with van der Waals surface area (Å²) in [4.78, 5) is 16.9. The molecule has 3 heterocycles. The lowest BCUT2D eigenvalue weighted by Gasteiger charge is -2.26. The molecule has 30 heavy (non-hydrogen) atoms. The lowest BCUT2D eigenvalue weighted by atomic mass is 9.88. The minimum atomic E-state index is -0.424. The summed E-state index contributed by atoms with van der Waals surface area (Å²) in [7, 11) is 0. The van der Waals surface area contributed by atoms with Crippen LogP contribution in [0, 0.1) is 5.82 Å². The highest BCUT2D eigenvalue weighted by molar-refractivity contribution is 5.88. The van der Waals surface area contributed by atoms with Gasteiger partial charge in [0, 0.05) is 18.0 Å². The molecular formula is C21H19FN6O2. The summed E-state index contributed by atoms with van der Waals surface area (Å²) in [6.07, 6.45) is 1.44. The van der Waals surface area contributed by atoms with Gasteiger partial charge in [0.25, 0.3) is 5.56 Å². The van der Waals surface area contributed by atoms with Gasteiger partial charge in [0.15, 0.2) is 0 Å². The third-order valence-corrected chi connectivity index (χ3v) is 5.53. The van der Waals surface area contributed by atoms with Crippen molar-refractivity contribution in [3.8, 4) is 0 Å². The summed E-state index contributed by atoms with van der Waals surface area (Å²) in [6.45, 7) is 0.682. The number of aromatic amines is 1. The molecule has 2 unspecified atom stereocenters. The van der Waals surface area contributed by atoms with Crippen molar-refractivity contribution in [3.63, 3.8) is 0 Å². The molecule has 2 aromatic carbocycles. The minimum Gasteiger partial charge on any atom is -0.394 e. The van der Waals surface area contributed by atoms with Crippen LogP contribution in [-0.4, -0.2) is 36.7 Å². The van der Waals surface area contributed by atoms with Gasteiger partial charge in [-0.2, -0.15) is 10.2 Å². The van der Waals surface area contributed by atoms with Crippen molar-refractivity contribution in [1.29, 1.82) is 0 Å². The molecule has 0 spiro atoms. The normalized spacial score (nSPS) is 18.5. The van der Waals surface area contributed by atoms with Gasteiger partial charge in [-0.25, -0.2) is 19.2 Å². The van der Waals surface area contributed by atoms with Crippen LogP contribution >= 0.6 is 0 Å². The van der Waals surface area contributed by atoms with E-state index in [-0.39, 0.29) is 30.6 Å². The van der Waals surface area contributed by atoms with Crippen molar-refractivity contribution in [2.75, 3.05) is 6.61 Å². The highest BCUT2D eigenvalue weighted by Crippen LogP contribution is 2.40. The minimum absolute atomic E-state index is 0.0945. The fourth-order valence-electron chi connectivity index (χ4n) is 4.22. The molecule has 1 aliphatic heterocycles. The molecule has 2 atom stereocenters. The average Bonchev–Trinajstić information content (AvgIpc) is 3.14. The molecule has 8 nitrogen and oxygen atoms in total. The molecule has 1 aliphatic rings. The van der Waals surface area contributed by atoms with Crippen molar-refractivity contribution in [2.45, 2.75) is 25.0 Å². The van der Waals surface area contributed by atoms with Gasteiger partial charge >= 0.3 is 0 Å². The maximum absolute atomic E-state index is 13.6. The van der Waals surface area contributed by atoms with Gasteiger partial charge in [-0.1, -0.05) is 24.3 Å². The molecule has 0 bridgehead atoms. The molecular weight excluding hydrogens is 387 g/mol. The Bertz CT molecular complexity index is 1270. The zero-order valence-corrected chi connectivity index (χ0v) is 15.9. The van der Waals surface area contributed by atoms with E-state index in [0.717, 1.165) is 16.5 Å². The van der Waals surface area contributed by atoms with E-state index in [4.69, 9.17) is 0 Å². The predicted molar refractivity (Wildman–Crippen MR) is 107 cm³/mol. The first-order valence-corrected chi connectivity index (χ1v) is 9.65. The summed E-state index contributed by atoms with van der Waals surface area (Å²) in [6, 6.07) is 11.6. The molecule has 0 radical (unpaired) electrons. The molecule has 152 valence electrons. The highest BCUT2D eigenvalue weighted by atomic mass is 19.1. The van der Waals surface area contributed by atoms with Crippen LogP contribution in [0.2, 0.25) is 0 Å². The molecule has 4 aromatic rings. The SMILES string of the molecule is O=c1[nH]nc2c3c(cccc13)CNC(c1ccc(F)cc1)C2c1ncnn1CCO. The van der Waals surface area contributed by atoms with E-state index in [1.54, 1.807) is 22.9 Å². The predicted octanol–water partition coefficient (Wildman–Crippen LogP) is 1.62. The van der Waals surface area contributed by atoms with Gasteiger partial charge in [-0.15, -0.1) is 0 Å². The number of aromatic nitrogens is 5. The number of aliphatic hydroxyl groups is 1. The molecule has 2 aromatic heterocycles. The standard InChI is InChI=1S/C21H19FN6O2/c22-14-6-4-12(5-7-14)18-17(20-24-11-25-28(20)8-9-29)19-16-13(10-23-18)2-1-3-15(16)21(30)27-26-19/h1-7,11,17-18,23,29H,8-10H2,(H,27,30). The van der Waals surface area contributed by atoms with E-state index in [0.29, 0.717) is 23.4 Å². The third-order valence-electron chi connectivity index (χ3n) is 5.53. The largest absolute Gasteiger partial charge is 0.394 e. The molecule has 5 rings (SSSR count). The first kappa shape index (κ1) is 18.6. The lowest BCUT2D eigenvalue weighted by Crippen LogP contribution is -2.29. The number of hydrogen-bond acceptors (Lipinski definition) is 6. The molecule has 9 heteroatoms. The molecule has 3 N–H and O–H groups in total. The van der Waals surface area contributed by atoms with Crippen LogP contribution in [0.15, 0.2) is 53.6 Å². The van der Waals surface area contributed by atoms with Crippen molar-refractivity contribution in [1.82, 2.24) is 30.3 Å². The third kappa shape index (κ3) is 2.99. The van der Waals surface area contributed by atoms with Crippen molar-refractivity contribution < 1.29 is 9.50 Å². The van der Waals surface area contributed by atoms with E-state index in [1.807, 2.05) is 12.1 Å². The molecule has 0 fully saturated rings. The number of nitrogens with zero attached hydrogens (tertiary/aromatic N) is 4. The number of halogens is 1. The lowest BCUT2D eigenvalue weighted by molar-refractivity contribution is 0.264. The van der Waals surface area contributed by atoms with Gasteiger partial charge in [-0.05, 0) is 29.3 Å². The van der Waals surface area contributed by atoms with Crippen LogP contribution in [0.3, 0.4) is 0 Å². The smallest absolute Gasteiger partial charge is 0.272 e. The van der Waals surface area contributed by atoms with Crippen LogP contribution in [-0.2, 0) is 13.1 Å². The Balaban J connectivity index is 1.79. The zero-order valence-electron chi connectivity index (χ0n) is 15.9. The summed E-state index contributed by atoms with van der Waals surface area (Å²) < 4.78 is 15.2. The fourth-order valence-corrected chi connectivity index (χ4v) is 4.22. The number of nitrogens with one attached hydrogen (secondary N) is 2. The van der Waals surface area contributed by atoms with Crippen molar-refractivity contribution >= 4 is 10.8 Å². The fraction of sp³-hybridized carbons (Fsp3) is 0.238. The summed E-state index contributed by atoms with van der Waals surface area (Å²) in [5.41, 5.74) is 2.20. The van der Waals surface area contributed by atoms with E-state index in [2.05, 4.69) is 25.6 Å². The molecule has 0 aliphatic carbocycles. The van der Waals surface area contributed by atoms with Crippen molar-refractivity contribution in [2.24, 2.45) is 0 Å². The Morgan fingerprint density at radius 1 is 1.20 bits per heavy atom. The van der Waals surface area contributed by atoms with Crippen LogP contribution < -0.4 is 10.9 Å². The summed E-state index contributed by atoms with van der Waals surface area (Å²) in [5.74, 6) is -0.142. The molecule has 0 saturated carbocycles. The Morgan fingerprint density at radius 3 is 2.83 bits per heavy atom. The summed E-state index contributed by atoms with van der Waals surface area (Å²) >= 11 is 0. The van der Waals surface area contributed by atoms with Crippen LogP contribution in [0.4, 0.5) is 4.39 Å². The number of benzene rings is 2. The van der Waals surface area contributed by atoms with Crippen LogP contribution in [0.5, 0.6) is 0 Å². The van der Waals surface area contributed by atoms with Gasteiger partial charge in [-0.3, -0.25) is 4.79 Å². The van der Waals surface area contributed by atoms with Crippen LogP contribution in [0.1, 0.15) is 34.6 Å². The molecule has 0 saturated heterocycles. The Hall–Kier alpha value is -3.43. The molecule has 0 amide bonds. The number of rotatable bonds is 4. The van der Waals surface area contributed by atoms with Gasteiger partial charge in [0.05, 0.1) is 30.1 Å².